The van der Waals surface area contributed by atoms with Crippen LogP contribution < -0.4 is 0 Å². The Morgan fingerprint density at radius 1 is 1.43 bits per heavy atom. The van der Waals surface area contributed by atoms with Gasteiger partial charge in [0.15, 0.2) is 6.29 Å². The number of hydrogen-bond acceptors (Lipinski definition) is 3. The molecule has 4 nitrogen and oxygen atoms in total. The van der Waals surface area contributed by atoms with Gasteiger partial charge in [0.25, 0.3) is 5.69 Å². The van der Waals surface area contributed by atoms with Crippen molar-refractivity contribution in [2.45, 2.75) is 13.8 Å². The van der Waals surface area contributed by atoms with Crippen molar-refractivity contribution in [3.05, 3.63) is 38.7 Å². The molecule has 0 amide bonds. The van der Waals surface area contributed by atoms with E-state index in [1.54, 1.807) is 0 Å². The lowest BCUT2D eigenvalue weighted by Crippen LogP contribution is -2.00. The molecule has 0 saturated heterocycles. The maximum absolute atomic E-state index is 13.3. The Balaban J connectivity index is 3.56. The van der Waals surface area contributed by atoms with E-state index < -0.39 is 10.7 Å². The maximum Gasteiger partial charge on any atom is 0.273 e. The van der Waals surface area contributed by atoms with E-state index in [-0.39, 0.29) is 28.7 Å². The molecule has 0 aliphatic rings. The van der Waals surface area contributed by atoms with Crippen molar-refractivity contribution < 1.29 is 14.1 Å². The average molecular weight is 197 g/mol. The number of halogens is 1. The molecular weight excluding hydrogens is 189 g/mol. The van der Waals surface area contributed by atoms with E-state index in [1.807, 2.05) is 0 Å². The predicted octanol–water partition coefficient (Wildman–Crippen LogP) is 2.16. The van der Waals surface area contributed by atoms with Crippen LogP contribution >= 0.6 is 0 Å². The molecule has 1 aromatic rings. The minimum Gasteiger partial charge on any atom is -0.298 e. The topological polar surface area (TPSA) is 60.2 Å². The molecule has 0 N–H and O–H groups in total. The van der Waals surface area contributed by atoms with Gasteiger partial charge in [-0.1, -0.05) is 0 Å². The van der Waals surface area contributed by atoms with Crippen molar-refractivity contribution >= 4 is 12.0 Å². The zero-order valence-corrected chi connectivity index (χ0v) is 7.70. The van der Waals surface area contributed by atoms with Gasteiger partial charge < -0.3 is 0 Å². The fourth-order valence-corrected chi connectivity index (χ4v) is 1.17. The van der Waals surface area contributed by atoms with Gasteiger partial charge in [0.2, 0.25) is 0 Å². The summed E-state index contributed by atoms with van der Waals surface area (Å²) in [5.74, 6) is -0.692. The number of aldehydes is 1. The van der Waals surface area contributed by atoms with Crippen LogP contribution in [0, 0.1) is 29.8 Å². The SMILES string of the molecule is Cc1c([N+](=O)[O-])cc(C=O)c(F)c1C. The van der Waals surface area contributed by atoms with Crippen molar-refractivity contribution in [1.82, 2.24) is 0 Å². The standard InChI is InChI=1S/C9H8FNO3/c1-5-6(2)9(10)7(4-12)3-8(5)11(13)14/h3-4H,1-2H3. The molecule has 1 aromatic carbocycles. The minimum absolute atomic E-state index is 0.140. The van der Waals surface area contributed by atoms with Crippen molar-refractivity contribution in [2.24, 2.45) is 0 Å². The largest absolute Gasteiger partial charge is 0.298 e. The third-order valence-electron chi connectivity index (χ3n) is 2.15. The van der Waals surface area contributed by atoms with E-state index in [1.165, 1.54) is 13.8 Å². The van der Waals surface area contributed by atoms with Gasteiger partial charge in [-0.25, -0.2) is 4.39 Å². The van der Waals surface area contributed by atoms with Gasteiger partial charge >= 0.3 is 0 Å². The van der Waals surface area contributed by atoms with Gasteiger partial charge in [-0.15, -0.1) is 0 Å². The van der Waals surface area contributed by atoms with Crippen molar-refractivity contribution in [3.8, 4) is 0 Å². The lowest BCUT2D eigenvalue weighted by atomic mass is 10.0. The monoisotopic (exact) mass is 197 g/mol. The first-order valence-electron chi connectivity index (χ1n) is 3.88. The average Bonchev–Trinajstić information content (AvgIpc) is 2.14. The maximum atomic E-state index is 13.3. The smallest absolute Gasteiger partial charge is 0.273 e. The summed E-state index contributed by atoms with van der Waals surface area (Å²) in [7, 11) is 0. The molecule has 0 unspecified atom stereocenters. The molecule has 14 heavy (non-hydrogen) atoms. The van der Waals surface area contributed by atoms with E-state index in [0.717, 1.165) is 6.07 Å². The first-order chi connectivity index (χ1) is 6.49. The molecule has 0 spiro atoms. The fraction of sp³-hybridized carbons (Fsp3) is 0.222. The highest BCUT2D eigenvalue weighted by Crippen LogP contribution is 2.25. The van der Waals surface area contributed by atoms with Gasteiger partial charge in [-0.2, -0.15) is 0 Å². The van der Waals surface area contributed by atoms with Crippen LogP contribution in [0.3, 0.4) is 0 Å². The van der Waals surface area contributed by atoms with Gasteiger partial charge in [0, 0.05) is 11.6 Å². The van der Waals surface area contributed by atoms with Crippen molar-refractivity contribution in [2.75, 3.05) is 0 Å². The van der Waals surface area contributed by atoms with Crippen molar-refractivity contribution in [3.63, 3.8) is 0 Å². The van der Waals surface area contributed by atoms with Gasteiger partial charge in [-0.05, 0) is 19.4 Å². The molecule has 0 atom stereocenters. The Hall–Kier alpha value is -1.78. The number of carbonyl (C=O) groups is 1. The molecule has 0 saturated carbocycles. The Morgan fingerprint density at radius 2 is 2.00 bits per heavy atom. The van der Waals surface area contributed by atoms with E-state index in [2.05, 4.69) is 0 Å². The number of carbonyl (C=O) groups excluding carboxylic acids is 1. The molecule has 0 radical (unpaired) electrons. The molecule has 5 heteroatoms. The van der Waals surface area contributed by atoms with E-state index in [4.69, 9.17) is 0 Å². The number of benzene rings is 1. The second-order valence-corrected chi connectivity index (χ2v) is 2.92. The zero-order chi connectivity index (χ0) is 10.9. The summed E-state index contributed by atoms with van der Waals surface area (Å²) in [5.41, 5.74) is -0.120. The first kappa shape index (κ1) is 10.3. The van der Waals surface area contributed by atoms with Crippen LogP contribution in [0.2, 0.25) is 0 Å². The number of nitrogens with zero attached hydrogens (tertiary/aromatic N) is 1. The lowest BCUT2D eigenvalue weighted by molar-refractivity contribution is -0.385. The van der Waals surface area contributed by atoms with Gasteiger partial charge in [0.1, 0.15) is 5.82 Å². The summed E-state index contributed by atoms with van der Waals surface area (Å²) in [6.07, 6.45) is 0.273. The third-order valence-corrected chi connectivity index (χ3v) is 2.15. The minimum atomic E-state index is -0.692. The Kier molecular flexibility index (Phi) is 2.60. The summed E-state index contributed by atoms with van der Waals surface area (Å²) in [4.78, 5) is 20.3. The number of nitro benzene ring substituents is 1. The number of rotatable bonds is 2. The van der Waals surface area contributed by atoms with Crippen LogP contribution in [0.15, 0.2) is 6.07 Å². The third kappa shape index (κ3) is 1.48. The molecule has 0 bridgehead atoms. The Morgan fingerprint density at radius 3 is 2.43 bits per heavy atom. The molecule has 74 valence electrons. The van der Waals surface area contributed by atoms with Crippen LogP contribution in [0.1, 0.15) is 21.5 Å². The van der Waals surface area contributed by atoms with Crippen LogP contribution in [0.5, 0.6) is 0 Å². The second-order valence-electron chi connectivity index (χ2n) is 2.92. The van der Waals surface area contributed by atoms with E-state index >= 15 is 0 Å². The molecule has 0 heterocycles. The molecule has 1 rings (SSSR count). The molecule has 0 aromatic heterocycles. The number of nitro groups is 1. The molecular formula is C9H8FNO3. The lowest BCUT2D eigenvalue weighted by Gasteiger charge is -2.04. The van der Waals surface area contributed by atoms with Crippen LogP contribution in [0.4, 0.5) is 10.1 Å². The molecule has 0 aliphatic heterocycles. The van der Waals surface area contributed by atoms with Gasteiger partial charge in [0.05, 0.1) is 10.5 Å². The van der Waals surface area contributed by atoms with Crippen LogP contribution in [-0.2, 0) is 0 Å². The summed E-state index contributed by atoms with van der Waals surface area (Å²) in [6.45, 7) is 2.86. The number of hydrogen-bond donors (Lipinski definition) is 0. The second kappa shape index (κ2) is 3.53. The van der Waals surface area contributed by atoms with Crippen LogP contribution in [-0.4, -0.2) is 11.2 Å². The Labute approximate surface area is 79.5 Å². The fourth-order valence-electron chi connectivity index (χ4n) is 1.17. The quantitative estimate of drug-likeness (QED) is 0.414. The summed E-state index contributed by atoms with van der Waals surface area (Å²) >= 11 is 0. The normalized spacial score (nSPS) is 9.93. The highest BCUT2D eigenvalue weighted by Gasteiger charge is 2.18. The summed E-state index contributed by atoms with van der Waals surface area (Å²) in [6, 6.07) is 0.949. The highest BCUT2D eigenvalue weighted by atomic mass is 19.1. The van der Waals surface area contributed by atoms with Gasteiger partial charge in [-0.3, -0.25) is 14.9 Å². The molecule has 0 aliphatic carbocycles. The summed E-state index contributed by atoms with van der Waals surface area (Å²) < 4.78 is 13.3. The zero-order valence-electron chi connectivity index (χ0n) is 7.70. The summed E-state index contributed by atoms with van der Waals surface area (Å²) in [5, 5.41) is 10.5. The first-order valence-corrected chi connectivity index (χ1v) is 3.88. The Bertz CT molecular complexity index is 415. The van der Waals surface area contributed by atoms with Crippen molar-refractivity contribution in [1.29, 1.82) is 0 Å². The van der Waals surface area contributed by atoms with E-state index in [0.29, 0.717) is 0 Å². The van der Waals surface area contributed by atoms with Crippen LogP contribution in [0.25, 0.3) is 0 Å². The predicted molar refractivity (Wildman–Crippen MR) is 47.9 cm³/mol. The highest BCUT2D eigenvalue weighted by molar-refractivity contribution is 5.78. The van der Waals surface area contributed by atoms with E-state index in [9.17, 15) is 19.3 Å². The molecule has 0 fully saturated rings.